The van der Waals surface area contributed by atoms with Gasteiger partial charge in [0.15, 0.2) is 5.82 Å². The van der Waals surface area contributed by atoms with E-state index in [1.54, 1.807) is 12.3 Å². The number of anilines is 2. The molecule has 8 nitrogen and oxygen atoms in total. The maximum absolute atomic E-state index is 13.5. The number of nitrogens with zero attached hydrogens (tertiary/aromatic N) is 4. The summed E-state index contributed by atoms with van der Waals surface area (Å²) in [6.07, 6.45) is 0.144. The van der Waals surface area contributed by atoms with Crippen molar-refractivity contribution in [3.8, 4) is 16.9 Å². The van der Waals surface area contributed by atoms with Gasteiger partial charge in [-0.2, -0.15) is 18.3 Å². The topological polar surface area (TPSA) is 130 Å². The number of sulfone groups is 1. The molecule has 12 heteroatoms. The van der Waals surface area contributed by atoms with Crippen LogP contribution >= 0.6 is 0 Å². The van der Waals surface area contributed by atoms with Crippen LogP contribution in [-0.4, -0.2) is 46.4 Å². The maximum atomic E-state index is 13.5. The highest BCUT2D eigenvalue weighted by Crippen LogP contribution is 2.37. The van der Waals surface area contributed by atoms with Crippen molar-refractivity contribution in [2.45, 2.75) is 18.5 Å². The molecule has 0 fully saturated rings. The van der Waals surface area contributed by atoms with Crippen LogP contribution in [-0.2, 0) is 9.84 Å². The molecular weight excluding hydrogens is 421 g/mol. The van der Waals surface area contributed by atoms with Crippen LogP contribution in [0.4, 0.5) is 24.7 Å². The molecule has 160 valence electrons. The lowest BCUT2D eigenvalue weighted by Gasteiger charge is -2.20. The summed E-state index contributed by atoms with van der Waals surface area (Å²) in [6, 6.07) is 5.77. The van der Waals surface area contributed by atoms with Gasteiger partial charge >= 0.3 is 6.18 Å². The van der Waals surface area contributed by atoms with E-state index in [4.69, 9.17) is 11.5 Å². The second-order valence-corrected chi connectivity index (χ2v) is 9.02. The molecule has 0 aromatic carbocycles. The van der Waals surface area contributed by atoms with E-state index in [-0.39, 0.29) is 23.0 Å². The molecule has 3 aromatic rings. The van der Waals surface area contributed by atoms with Crippen LogP contribution in [0.2, 0.25) is 0 Å². The molecule has 3 heterocycles. The molecule has 0 aliphatic rings. The largest absolute Gasteiger partial charge is 0.397 e. The van der Waals surface area contributed by atoms with Crippen LogP contribution in [0.1, 0.15) is 18.0 Å². The summed E-state index contributed by atoms with van der Waals surface area (Å²) in [5.41, 5.74) is 12.8. The van der Waals surface area contributed by atoms with Gasteiger partial charge in [-0.25, -0.2) is 23.1 Å². The fraction of sp³-hybridized carbons (Fsp3) is 0.278. The zero-order chi connectivity index (χ0) is 22.1. The first-order chi connectivity index (χ1) is 14.0. The third-order valence-electron chi connectivity index (χ3n) is 4.43. The predicted octanol–water partition coefficient (Wildman–Crippen LogP) is 2.57. The molecule has 0 saturated carbocycles. The van der Waals surface area contributed by atoms with Gasteiger partial charge in [-0.1, -0.05) is 6.07 Å². The Kier molecular flexibility index (Phi) is 5.70. The normalized spacial score (nSPS) is 13.3. The van der Waals surface area contributed by atoms with E-state index < -0.39 is 34.1 Å². The number of alkyl halides is 3. The van der Waals surface area contributed by atoms with E-state index in [0.29, 0.717) is 11.1 Å². The molecule has 1 unspecified atom stereocenters. The van der Waals surface area contributed by atoms with Crippen molar-refractivity contribution in [2.24, 2.45) is 0 Å². The average Bonchev–Trinajstić information content (AvgIpc) is 3.12. The Balaban J connectivity index is 1.95. The highest BCUT2D eigenvalue weighted by atomic mass is 32.2. The van der Waals surface area contributed by atoms with Gasteiger partial charge in [-0.3, -0.25) is 0 Å². The summed E-state index contributed by atoms with van der Waals surface area (Å²) >= 11 is 0. The summed E-state index contributed by atoms with van der Waals surface area (Å²) in [5, 5.41) is 4.14. The molecule has 0 amide bonds. The van der Waals surface area contributed by atoms with Gasteiger partial charge in [0.25, 0.3) is 0 Å². The summed E-state index contributed by atoms with van der Waals surface area (Å²) in [5.74, 6) is -2.32. The molecule has 0 aliphatic carbocycles. The molecule has 4 N–H and O–H groups in total. The third kappa shape index (κ3) is 4.87. The van der Waals surface area contributed by atoms with Gasteiger partial charge in [0.2, 0.25) is 0 Å². The first-order valence-corrected chi connectivity index (χ1v) is 10.8. The summed E-state index contributed by atoms with van der Waals surface area (Å²) in [4.78, 5) is 7.96. The molecule has 3 aromatic heterocycles. The van der Waals surface area contributed by atoms with Crippen molar-refractivity contribution in [1.82, 2.24) is 19.7 Å². The van der Waals surface area contributed by atoms with Crippen molar-refractivity contribution in [3.05, 3.63) is 48.5 Å². The summed E-state index contributed by atoms with van der Waals surface area (Å²) < 4.78 is 64.6. The minimum Gasteiger partial charge on any atom is -0.395 e. The lowest BCUT2D eigenvalue weighted by Crippen LogP contribution is -2.24. The Morgan fingerprint density at radius 2 is 1.93 bits per heavy atom. The van der Waals surface area contributed by atoms with Gasteiger partial charge in [-0.05, 0) is 24.6 Å². The number of pyridine rings is 2. The predicted molar refractivity (Wildman–Crippen MR) is 107 cm³/mol. The first kappa shape index (κ1) is 21.6. The molecule has 0 spiro atoms. The highest BCUT2D eigenvalue weighted by molar-refractivity contribution is 7.90. The van der Waals surface area contributed by atoms with E-state index in [9.17, 15) is 21.6 Å². The molecular formula is C18H19F3N6O2S. The quantitative estimate of drug-likeness (QED) is 0.602. The molecule has 0 bridgehead atoms. The Bertz CT molecular complexity index is 1160. The second-order valence-electron chi connectivity index (χ2n) is 6.76. The van der Waals surface area contributed by atoms with Crippen molar-refractivity contribution >= 4 is 21.3 Å². The minimum atomic E-state index is -4.64. The zero-order valence-electron chi connectivity index (χ0n) is 15.8. The highest BCUT2D eigenvalue weighted by Gasteiger charge is 2.42. The van der Waals surface area contributed by atoms with E-state index in [0.717, 1.165) is 6.26 Å². The molecule has 0 aliphatic heterocycles. The number of hydrogen-bond donors (Lipinski definition) is 2. The number of aromatic nitrogens is 4. The van der Waals surface area contributed by atoms with Gasteiger partial charge in [0.05, 0.1) is 29.2 Å². The molecule has 3 rings (SSSR count). The van der Waals surface area contributed by atoms with Crippen LogP contribution < -0.4 is 11.5 Å². The fourth-order valence-corrected chi connectivity index (χ4v) is 3.56. The fourth-order valence-electron chi connectivity index (χ4n) is 2.90. The maximum Gasteiger partial charge on any atom is 0.397 e. The molecule has 1 atom stereocenters. The van der Waals surface area contributed by atoms with E-state index >= 15 is 0 Å². The summed E-state index contributed by atoms with van der Waals surface area (Å²) in [7, 11) is -3.56. The lowest BCUT2D eigenvalue weighted by atomic mass is 10.0. The van der Waals surface area contributed by atoms with Crippen LogP contribution in [0, 0.1) is 0 Å². The van der Waals surface area contributed by atoms with E-state index in [1.807, 2.05) is 0 Å². The van der Waals surface area contributed by atoms with E-state index in [2.05, 4.69) is 15.1 Å². The third-order valence-corrected chi connectivity index (χ3v) is 5.41. The number of hydrogen-bond acceptors (Lipinski definition) is 7. The van der Waals surface area contributed by atoms with Gasteiger partial charge in [-0.15, -0.1) is 0 Å². The Morgan fingerprint density at radius 1 is 1.20 bits per heavy atom. The lowest BCUT2D eigenvalue weighted by molar-refractivity contribution is -0.151. The molecule has 0 saturated heterocycles. The van der Waals surface area contributed by atoms with Crippen LogP contribution in [0.25, 0.3) is 16.9 Å². The van der Waals surface area contributed by atoms with Crippen LogP contribution in [0.5, 0.6) is 0 Å². The monoisotopic (exact) mass is 440 g/mol. The molecule has 0 radical (unpaired) electrons. The number of nitrogen functional groups attached to an aromatic ring is 2. The first-order valence-electron chi connectivity index (χ1n) is 8.72. The van der Waals surface area contributed by atoms with Crippen molar-refractivity contribution in [2.75, 3.05) is 23.5 Å². The smallest absolute Gasteiger partial charge is 0.395 e. The summed E-state index contributed by atoms with van der Waals surface area (Å²) in [6.45, 7) is 0. The van der Waals surface area contributed by atoms with Crippen LogP contribution in [0.3, 0.4) is 0 Å². The molecule has 30 heavy (non-hydrogen) atoms. The van der Waals surface area contributed by atoms with Crippen molar-refractivity contribution in [1.29, 1.82) is 0 Å². The SMILES string of the molecule is CS(=O)(=O)CCC(c1cccc(-n2cc(-c3ccnc(N)c3N)cn2)n1)C(F)(F)F. The van der Waals surface area contributed by atoms with Gasteiger partial charge in [0, 0.05) is 29.8 Å². The Hall–Kier alpha value is -3.15. The number of halogens is 3. The van der Waals surface area contributed by atoms with Gasteiger partial charge < -0.3 is 11.5 Å². The second kappa shape index (κ2) is 7.94. The number of rotatable bonds is 6. The van der Waals surface area contributed by atoms with E-state index in [1.165, 1.54) is 35.3 Å². The van der Waals surface area contributed by atoms with Gasteiger partial charge in [0.1, 0.15) is 15.7 Å². The van der Waals surface area contributed by atoms with Crippen molar-refractivity contribution < 1.29 is 21.6 Å². The van der Waals surface area contributed by atoms with Crippen LogP contribution in [0.15, 0.2) is 42.9 Å². The van der Waals surface area contributed by atoms with Crippen molar-refractivity contribution in [3.63, 3.8) is 0 Å². The zero-order valence-corrected chi connectivity index (χ0v) is 16.7. The average molecular weight is 440 g/mol. The number of nitrogens with two attached hydrogens (primary N) is 2. The minimum absolute atomic E-state index is 0.146. The Labute approximate surface area is 170 Å². The standard InChI is InChI=1S/C18H19F3N6O2S/c1-30(28,29)8-6-13(18(19,20)21)14-3-2-4-15(26-14)27-10-11(9-25-27)12-5-7-24-17(23)16(12)22/h2-5,7,9-10,13H,6,8,22H2,1H3,(H2,23,24). The Morgan fingerprint density at radius 3 is 2.60 bits per heavy atom.